The molecule has 2 N–H and O–H groups in total. The van der Waals surface area contributed by atoms with Gasteiger partial charge < -0.3 is 10.5 Å². The lowest BCUT2D eigenvalue weighted by Gasteiger charge is -2.41. The quantitative estimate of drug-likeness (QED) is 0.803. The smallest absolute Gasteiger partial charge is 0.313 e. The maximum absolute atomic E-state index is 12.8. The van der Waals surface area contributed by atoms with Crippen molar-refractivity contribution < 1.29 is 9.53 Å². The molecule has 3 heteroatoms. The highest BCUT2D eigenvalue weighted by Crippen LogP contribution is 2.40. The van der Waals surface area contributed by atoms with Crippen LogP contribution >= 0.6 is 0 Å². The van der Waals surface area contributed by atoms with Crippen LogP contribution in [0.5, 0.6) is 0 Å². The van der Waals surface area contributed by atoms with Gasteiger partial charge in [0.15, 0.2) is 0 Å². The summed E-state index contributed by atoms with van der Waals surface area (Å²) in [7, 11) is 0. The number of esters is 1. The lowest BCUT2D eigenvalue weighted by molar-refractivity contribution is -0.170. The number of rotatable bonds is 3. The van der Waals surface area contributed by atoms with Crippen LogP contribution in [0.3, 0.4) is 0 Å². The molecule has 5 unspecified atom stereocenters. The van der Waals surface area contributed by atoms with E-state index in [1.807, 2.05) is 6.92 Å². The maximum atomic E-state index is 12.8. The van der Waals surface area contributed by atoms with Crippen molar-refractivity contribution in [3.8, 4) is 0 Å². The molecule has 0 radical (unpaired) electrons. The summed E-state index contributed by atoms with van der Waals surface area (Å²) in [5, 5.41) is 0. The van der Waals surface area contributed by atoms with Crippen LogP contribution in [-0.2, 0) is 9.53 Å². The average Bonchev–Trinajstić information content (AvgIpc) is 2.42. The second kappa shape index (κ2) is 6.68. The topological polar surface area (TPSA) is 52.3 Å². The molecule has 0 aromatic rings. The van der Waals surface area contributed by atoms with Crippen molar-refractivity contribution in [3.05, 3.63) is 0 Å². The van der Waals surface area contributed by atoms with Crippen LogP contribution in [-0.4, -0.2) is 18.1 Å². The maximum Gasteiger partial charge on any atom is 0.313 e. The fourth-order valence-electron chi connectivity index (χ4n) is 4.14. The molecule has 3 nitrogen and oxygen atoms in total. The zero-order valence-corrected chi connectivity index (χ0v) is 14.2. The van der Waals surface area contributed by atoms with Gasteiger partial charge in [-0.15, -0.1) is 0 Å². The molecule has 2 fully saturated rings. The zero-order valence-electron chi connectivity index (χ0n) is 14.2. The first-order valence-corrected chi connectivity index (χ1v) is 8.81. The van der Waals surface area contributed by atoms with Gasteiger partial charge in [0.1, 0.15) is 6.10 Å². The number of hydrogen-bond donors (Lipinski definition) is 1. The van der Waals surface area contributed by atoms with Gasteiger partial charge in [0.2, 0.25) is 0 Å². The summed E-state index contributed by atoms with van der Waals surface area (Å²) >= 11 is 0. The molecule has 0 aromatic heterocycles. The van der Waals surface area contributed by atoms with Gasteiger partial charge in [0, 0.05) is 6.04 Å². The van der Waals surface area contributed by atoms with Crippen molar-refractivity contribution in [2.75, 3.05) is 0 Å². The van der Waals surface area contributed by atoms with Crippen LogP contribution in [0.4, 0.5) is 0 Å². The highest BCUT2D eigenvalue weighted by atomic mass is 16.5. The minimum Gasteiger partial charge on any atom is -0.462 e. The number of carbonyl (C=O) groups is 1. The molecule has 0 amide bonds. The predicted octanol–water partition coefficient (Wildman–Crippen LogP) is 3.90. The van der Waals surface area contributed by atoms with E-state index < -0.39 is 5.41 Å². The summed E-state index contributed by atoms with van der Waals surface area (Å²) < 4.78 is 6.03. The minimum atomic E-state index is -0.472. The first-order chi connectivity index (χ1) is 9.84. The zero-order chi connectivity index (χ0) is 15.6. The first-order valence-electron chi connectivity index (χ1n) is 8.81. The molecule has 2 rings (SSSR count). The SMILES string of the molecule is CC1CCC(C(C)C)C(OC(=O)C2(C)CCCCC2N)C1. The molecular weight excluding hydrogens is 262 g/mol. The van der Waals surface area contributed by atoms with Crippen LogP contribution in [0.25, 0.3) is 0 Å². The summed E-state index contributed by atoms with van der Waals surface area (Å²) in [4.78, 5) is 12.8. The molecule has 122 valence electrons. The molecule has 0 saturated heterocycles. The van der Waals surface area contributed by atoms with Gasteiger partial charge in [-0.1, -0.05) is 40.0 Å². The van der Waals surface area contributed by atoms with Gasteiger partial charge in [-0.05, 0) is 50.4 Å². The van der Waals surface area contributed by atoms with Gasteiger partial charge in [0.25, 0.3) is 0 Å². The third-order valence-electron chi connectivity index (χ3n) is 5.97. The molecule has 0 aromatic carbocycles. The van der Waals surface area contributed by atoms with E-state index in [-0.39, 0.29) is 18.1 Å². The van der Waals surface area contributed by atoms with Crippen LogP contribution < -0.4 is 5.73 Å². The standard InChI is InChI=1S/C18H33NO2/c1-12(2)14-9-8-13(3)11-15(14)21-17(20)18(4)10-6-5-7-16(18)19/h12-16H,5-11,19H2,1-4H3. The average molecular weight is 295 g/mol. The van der Waals surface area contributed by atoms with Gasteiger partial charge in [-0.25, -0.2) is 0 Å². The lowest BCUT2D eigenvalue weighted by atomic mass is 9.71. The second-order valence-electron chi connectivity index (χ2n) is 8.04. The third-order valence-corrected chi connectivity index (χ3v) is 5.97. The Bertz CT molecular complexity index is 368. The number of carbonyl (C=O) groups excluding carboxylic acids is 1. The van der Waals surface area contributed by atoms with Crippen molar-refractivity contribution in [1.29, 1.82) is 0 Å². The van der Waals surface area contributed by atoms with Gasteiger partial charge in [-0.3, -0.25) is 4.79 Å². The summed E-state index contributed by atoms with van der Waals surface area (Å²) in [5.41, 5.74) is 5.77. The molecule has 2 aliphatic rings. The van der Waals surface area contributed by atoms with Gasteiger partial charge >= 0.3 is 5.97 Å². The Kier molecular flexibility index (Phi) is 5.34. The van der Waals surface area contributed by atoms with Crippen LogP contribution in [0.1, 0.15) is 72.6 Å². The monoisotopic (exact) mass is 295 g/mol. The van der Waals surface area contributed by atoms with Crippen LogP contribution in [0, 0.1) is 23.2 Å². The van der Waals surface area contributed by atoms with Crippen LogP contribution in [0.2, 0.25) is 0 Å². The molecule has 0 aliphatic heterocycles. The fraction of sp³-hybridized carbons (Fsp3) is 0.944. The molecule has 0 bridgehead atoms. The largest absolute Gasteiger partial charge is 0.462 e. The Morgan fingerprint density at radius 3 is 2.57 bits per heavy atom. The van der Waals surface area contributed by atoms with Crippen LogP contribution in [0.15, 0.2) is 0 Å². The van der Waals surface area contributed by atoms with E-state index in [0.29, 0.717) is 17.8 Å². The normalized spacial score (nSPS) is 41.0. The molecule has 5 atom stereocenters. The Morgan fingerprint density at radius 1 is 1.24 bits per heavy atom. The minimum absolute atomic E-state index is 0.0422. The summed E-state index contributed by atoms with van der Waals surface area (Å²) in [5.74, 6) is 1.70. The molecule has 2 saturated carbocycles. The Morgan fingerprint density at radius 2 is 1.95 bits per heavy atom. The number of hydrogen-bond acceptors (Lipinski definition) is 3. The fourth-order valence-corrected chi connectivity index (χ4v) is 4.14. The predicted molar refractivity (Wildman–Crippen MR) is 85.8 cm³/mol. The summed E-state index contributed by atoms with van der Waals surface area (Å²) in [6.07, 6.45) is 7.59. The molecular formula is C18H33NO2. The highest BCUT2D eigenvalue weighted by Gasteiger charge is 2.44. The van der Waals surface area contributed by atoms with E-state index in [1.165, 1.54) is 12.8 Å². The van der Waals surface area contributed by atoms with Crippen molar-refractivity contribution in [3.63, 3.8) is 0 Å². The van der Waals surface area contributed by atoms with E-state index in [2.05, 4.69) is 20.8 Å². The molecule has 0 heterocycles. The van der Waals surface area contributed by atoms with E-state index in [9.17, 15) is 4.79 Å². The molecule has 21 heavy (non-hydrogen) atoms. The molecule has 2 aliphatic carbocycles. The van der Waals surface area contributed by atoms with Gasteiger partial charge in [-0.2, -0.15) is 0 Å². The highest BCUT2D eigenvalue weighted by molar-refractivity contribution is 5.77. The summed E-state index contributed by atoms with van der Waals surface area (Å²) in [6, 6.07) is -0.0442. The summed E-state index contributed by atoms with van der Waals surface area (Å²) in [6.45, 7) is 8.77. The molecule has 0 spiro atoms. The lowest BCUT2D eigenvalue weighted by Crippen LogP contribution is -2.50. The van der Waals surface area contributed by atoms with E-state index in [4.69, 9.17) is 10.5 Å². The van der Waals surface area contributed by atoms with Crippen molar-refractivity contribution in [1.82, 2.24) is 0 Å². The van der Waals surface area contributed by atoms with E-state index in [1.54, 1.807) is 0 Å². The van der Waals surface area contributed by atoms with E-state index in [0.717, 1.165) is 32.1 Å². The van der Waals surface area contributed by atoms with Crippen molar-refractivity contribution >= 4 is 5.97 Å². The van der Waals surface area contributed by atoms with Crippen molar-refractivity contribution in [2.45, 2.75) is 84.8 Å². The third kappa shape index (κ3) is 3.61. The Hall–Kier alpha value is -0.570. The first kappa shape index (κ1) is 16.8. The van der Waals surface area contributed by atoms with E-state index >= 15 is 0 Å². The Labute approximate surface area is 130 Å². The van der Waals surface area contributed by atoms with Gasteiger partial charge in [0.05, 0.1) is 5.41 Å². The number of nitrogens with two attached hydrogens (primary N) is 1. The second-order valence-corrected chi connectivity index (χ2v) is 8.04. The van der Waals surface area contributed by atoms with Crippen molar-refractivity contribution in [2.24, 2.45) is 28.9 Å². The number of ether oxygens (including phenoxy) is 1. The Balaban J connectivity index is 2.05.